The summed E-state index contributed by atoms with van der Waals surface area (Å²) in [5.41, 5.74) is 0.430. The number of esters is 1. The largest absolute Gasteiger partial charge is 0.507 e. The van der Waals surface area contributed by atoms with Crippen LogP contribution >= 0.6 is 22.9 Å². The number of ether oxygens (including phenoxy) is 2. The Morgan fingerprint density at radius 1 is 1.15 bits per heavy atom. The quantitative estimate of drug-likeness (QED) is 0.466. The highest BCUT2D eigenvalue weighted by Gasteiger charge is 2.25. The summed E-state index contributed by atoms with van der Waals surface area (Å²) < 4.78 is 49.9. The van der Waals surface area contributed by atoms with Crippen LogP contribution in [0, 0.1) is 5.82 Å². The molecule has 1 unspecified atom stereocenters. The van der Waals surface area contributed by atoms with Crippen LogP contribution < -0.4 is 0 Å². The van der Waals surface area contributed by atoms with E-state index in [2.05, 4.69) is 0 Å². The van der Waals surface area contributed by atoms with E-state index >= 15 is 0 Å². The Labute approximate surface area is 197 Å². The second-order valence-electron chi connectivity index (χ2n) is 7.42. The zero-order chi connectivity index (χ0) is 23.8. The standard InChI is InChI=1S/C22H18ClFO7S2/c23-21-17(16-8-13(24)2-4-18(16)25)9-20(32-21)33(28,29)11-12-1-3-15(19(26)7-12)22(27)31-14-5-6-30-10-14/h1-4,7-9,14,25-26H,5-6,10-11H2. The van der Waals surface area contributed by atoms with Crippen molar-refractivity contribution in [3.63, 3.8) is 0 Å². The molecule has 3 aromatic rings. The summed E-state index contributed by atoms with van der Waals surface area (Å²) in [4.78, 5) is 12.2. The van der Waals surface area contributed by atoms with Crippen molar-refractivity contribution in [1.82, 2.24) is 0 Å². The first-order chi connectivity index (χ1) is 15.6. The van der Waals surface area contributed by atoms with Crippen LogP contribution in [0.3, 0.4) is 0 Å². The minimum Gasteiger partial charge on any atom is -0.507 e. The second-order valence-corrected chi connectivity index (χ2v) is 11.3. The maximum atomic E-state index is 13.6. The highest BCUT2D eigenvalue weighted by Crippen LogP contribution is 2.42. The molecular formula is C22H18ClFO7S2. The van der Waals surface area contributed by atoms with Crippen molar-refractivity contribution < 1.29 is 37.3 Å². The van der Waals surface area contributed by atoms with E-state index in [9.17, 15) is 27.8 Å². The third-order valence-electron chi connectivity index (χ3n) is 5.02. The topological polar surface area (TPSA) is 110 Å². The zero-order valence-corrected chi connectivity index (χ0v) is 19.3. The normalized spacial score (nSPS) is 16.1. The predicted octanol–water partition coefficient (Wildman–Crippen LogP) is 4.54. The lowest BCUT2D eigenvalue weighted by molar-refractivity contribution is 0.0267. The van der Waals surface area contributed by atoms with Gasteiger partial charge in [-0.1, -0.05) is 17.7 Å². The SMILES string of the molecule is O=C(OC1CCOC1)c1ccc(CS(=O)(=O)c2cc(-c3cc(F)ccc3O)c(Cl)s2)cc1O. The fourth-order valence-electron chi connectivity index (χ4n) is 3.36. The Bertz CT molecular complexity index is 1310. The molecule has 0 radical (unpaired) electrons. The number of phenols is 2. The lowest BCUT2D eigenvalue weighted by atomic mass is 10.1. The van der Waals surface area contributed by atoms with E-state index in [1.54, 1.807) is 0 Å². The number of carbonyl (C=O) groups is 1. The highest BCUT2D eigenvalue weighted by molar-refractivity contribution is 7.92. The minimum absolute atomic E-state index is 0.0749. The predicted molar refractivity (Wildman–Crippen MR) is 120 cm³/mol. The van der Waals surface area contributed by atoms with Gasteiger partial charge in [0.15, 0.2) is 9.84 Å². The van der Waals surface area contributed by atoms with Crippen molar-refractivity contribution >= 4 is 38.7 Å². The van der Waals surface area contributed by atoms with Gasteiger partial charge in [0.25, 0.3) is 0 Å². The molecule has 4 rings (SSSR count). The van der Waals surface area contributed by atoms with Gasteiger partial charge in [-0.2, -0.15) is 0 Å². The third-order valence-corrected chi connectivity index (χ3v) is 8.63. The molecule has 0 aliphatic carbocycles. The van der Waals surface area contributed by atoms with E-state index < -0.39 is 33.1 Å². The number of rotatable bonds is 6. The van der Waals surface area contributed by atoms with Crippen molar-refractivity contribution in [3.05, 3.63) is 63.7 Å². The van der Waals surface area contributed by atoms with E-state index in [-0.39, 0.29) is 42.7 Å². The first kappa shape index (κ1) is 23.5. The lowest BCUT2D eigenvalue weighted by Crippen LogP contribution is -2.18. The van der Waals surface area contributed by atoms with Gasteiger partial charge in [0, 0.05) is 17.5 Å². The fourth-order valence-corrected chi connectivity index (χ4v) is 6.53. The van der Waals surface area contributed by atoms with Crippen LogP contribution in [-0.4, -0.2) is 43.9 Å². The first-order valence-electron chi connectivity index (χ1n) is 9.75. The van der Waals surface area contributed by atoms with Gasteiger partial charge in [0.1, 0.15) is 37.5 Å². The summed E-state index contributed by atoms with van der Waals surface area (Å²) in [6, 6.07) is 8.46. The summed E-state index contributed by atoms with van der Waals surface area (Å²) >= 11 is 6.96. The molecule has 2 N–H and O–H groups in total. The highest BCUT2D eigenvalue weighted by atomic mass is 35.5. The Balaban J connectivity index is 1.55. The molecule has 1 aliphatic heterocycles. The van der Waals surface area contributed by atoms with E-state index in [0.29, 0.717) is 19.6 Å². The Morgan fingerprint density at radius 3 is 2.64 bits per heavy atom. The van der Waals surface area contributed by atoms with Gasteiger partial charge in [0.05, 0.1) is 19.0 Å². The Morgan fingerprint density at radius 2 is 1.94 bits per heavy atom. The number of carbonyl (C=O) groups excluding carboxylic acids is 1. The van der Waals surface area contributed by atoms with Crippen LogP contribution in [0.2, 0.25) is 4.34 Å². The average Bonchev–Trinajstić information content (AvgIpc) is 3.39. The van der Waals surface area contributed by atoms with Crippen LogP contribution in [0.1, 0.15) is 22.3 Å². The number of hydrogen-bond donors (Lipinski definition) is 2. The molecule has 11 heteroatoms. The van der Waals surface area contributed by atoms with Crippen molar-refractivity contribution in [3.8, 4) is 22.6 Å². The molecule has 0 spiro atoms. The van der Waals surface area contributed by atoms with E-state index in [1.165, 1.54) is 24.3 Å². The van der Waals surface area contributed by atoms with Crippen LogP contribution in [0.4, 0.5) is 4.39 Å². The summed E-state index contributed by atoms with van der Waals surface area (Å²) in [6.45, 7) is 0.787. The number of halogens is 2. The lowest BCUT2D eigenvalue weighted by Gasteiger charge is -2.11. The second kappa shape index (κ2) is 9.30. The molecule has 0 amide bonds. The molecule has 7 nitrogen and oxygen atoms in total. The molecule has 1 atom stereocenters. The minimum atomic E-state index is -3.90. The van der Waals surface area contributed by atoms with Gasteiger partial charge in [0.2, 0.25) is 0 Å². The van der Waals surface area contributed by atoms with Gasteiger partial charge < -0.3 is 19.7 Å². The van der Waals surface area contributed by atoms with Crippen molar-refractivity contribution in [1.29, 1.82) is 0 Å². The van der Waals surface area contributed by atoms with E-state index in [0.717, 1.165) is 29.5 Å². The van der Waals surface area contributed by atoms with Gasteiger partial charge in [-0.15, -0.1) is 11.3 Å². The summed E-state index contributed by atoms with van der Waals surface area (Å²) in [7, 11) is -3.90. The molecule has 1 aliphatic rings. The average molecular weight is 513 g/mol. The summed E-state index contributed by atoms with van der Waals surface area (Å²) in [6.07, 6.45) is 0.189. The molecule has 174 valence electrons. The molecule has 1 aromatic heterocycles. The third kappa shape index (κ3) is 5.14. The molecule has 1 saturated heterocycles. The number of sulfone groups is 1. The summed E-state index contributed by atoms with van der Waals surface area (Å²) in [5.74, 6) is -2.44. The number of hydrogen-bond acceptors (Lipinski definition) is 8. The van der Waals surface area contributed by atoms with Crippen LogP contribution in [0.5, 0.6) is 11.5 Å². The maximum Gasteiger partial charge on any atom is 0.342 e. The van der Waals surface area contributed by atoms with Crippen LogP contribution in [0.25, 0.3) is 11.1 Å². The van der Waals surface area contributed by atoms with Crippen LogP contribution in [0.15, 0.2) is 46.7 Å². The smallest absolute Gasteiger partial charge is 0.342 e. The van der Waals surface area contributed by atoms with Crippen molar-refractivity contribution in [2.24, 2.45) is 0 Å². The van der Waals surface area contributed by atoms with Crippen LogP contribution in [-0.2, 0) is 25.1 Å². The monoisotopic (exact) mass is 512 g/mol. The number of thiophene rings is 1. The van der Waals surface area contributed by atoms with Gasteiger partial charge >= 0.3 is 5.97 Å². The fraction of sp³-hybridized carbons (Fsp3) is 0.227. The molecule has 2 aromatic carbocycles. The molecule has 2 heterocycles. The van der Waals surface area contributed by atoms with Crippen molar-refractivity contribution in [2.75, 3.05) is 13.2 Å². The Hall–Kier alpha value is -2.66. The van der Waals surface area contributed by atoms with Gasteiger partial charge in [-0.25, -0.2) is 17.6 Å². The number of aromatic hydroxyl groups is 2. The van der Waals surface area contributed by atoms with Gasteiger partial charge in [-0.05, 0) is 42.0 Å². The Kier molecular flexibility index (Phi) is 6.62. The van der Waals surface area contributed by atoms with E-state index in [1.807, 2.05) is 0 Å². The maximum absolute atomic E-state index is 13.6. The molecule has 1 fully saturated rings. The molecular weight excluding hydrogens is 495 g/mol. The van der Waals surface area contributed by atoms with Gasteiger partial charge in [-0.3, -0.25) is 0 Å². The molecule has 0 saturated carbocycles. The number of phenolic OH excluding ortho intramolecular Hbond substituents is 2. The molecule has 33 heavy (non-hydrogen) atoms. The van der Waals surface area contributed by atoms with Crippen molar-refractivity contribution in [2.45, 2.75) is 22.5 Å². The summed E-state index contributed by atoms with van der Waals surface area (Å²) in [5, 5.41) is 20.3. The zero-order valence-electron chi connectivity index (χ0n) is 17.0. The molecule has 0 bridgehead atoms. The number of benzene rings is 2. The van der Waals surface area contributed by atoms with E-state index in [4.69, 9.17) is 21.1 Å². The first-order valence-corrected chi connectivity index (χ1v) is 12.6.